The van der Waals surface area contributed by atoms with Crippen LogP contribution in [0.25, 0.3) is 0 Å². The molecule has 0 aliphatic rings. The molecule has 0 heterocycles. The van der Waals surface area contributed by atoms with Gasteiger partial charge >= 0.3 is 12.4 Å². The monoisotopic (exact) mass is 111 g/mol. The summed E-state index contributed by atoms with van der Waals surface area (Å²) in [5.41, 5.74) is 0. The zero-order valence-corrected chi connectivity index (χ0v) is 3.23. The Labute approximate surface area is 38.0 Å². The molecule has 5 heteroatoms. The Morgan fingerprint density at radius 1 is 1.71 bits per heavy atom. The van der Waals surface area contributed by atoms with E-state index in [2.05, 4.69) is 10.7 Å². The largest absolute Gasteiger partial charge is 0.392 e. The summed E-state index contributed by atoms with van der Waals surface area (Å²) in [7, 11) is 0. The Morgan fingerprint density at radius 2 is 2.14 bits per heavy atom. The van der Waals surface area contributed by atoms with Crippen molar-refractivity contribution in [1.82, 2.24) is 0 Å². The summed E-state index contributed by atoms with van der Waals surface area (Å²) >= 11 is 0. The SMILES string of the molecule is NOC(=O)C(F)F. The second-order valence-electron chi connectivity index (χ2n) is 0.738. The maximum Gasteiger partial charge on any atom is 0.392 e. The molecule has 3 nitrogen and oxygen atoms in total. The van der Waals surface area contributed by atoms with Crippen LogP contribution in [-0.4, -0.2) is 12.4 Å². The van der Waals surface area contributed by atoms with E-state index < -0.39 is 12.4 Å². The van der Waals surface area contributed by atoms with Gasteiger partial charge in [0.25, 0.3) is 0 Å². The van der Waals surface area contributed by atoms with Crippen LogP contribution in [0.1, 0.15) is 0 Å². The van der Waals surface area contributed by atoms with Crippen LogP contribution >= 0.6 is 0 Å². The first-order chi connectivity index (χ1) is 3.18. The highest BCUT2D eigenvalue weighted by Crippen LogP contribution is 1.90. The zero-order chi connectivity index (χ0) is 5.86. The molecule has 0 aromatic carbocycles. The minimum atomic E-state index is -3.12. The van der Waals surface area contributed by atoms with Crippen molar-refractivity contribution in [1.29, 1.82) is 0 Å². The van der Waals surface area contributed by atoms with E-state index in [4.69, 9.17) is 0 Å². The van der Waals surface area contributed by atoms with Gasteiger partial charge in [0.2, 0.25) is 0 Å². The summed E-state index contributed by atoms with van der Waals surface area (Å²) in [4.78, 5) is 12.5. The third kappa shape index (κ3) is 2.05. The van der Waals surface area contributed by atoms with Crippen LogP contribution in [0, 0.1) is 0 Å². The number of rotatable bonds is 1. The summed E-state index contributed by atoms with van der Waals surface area (Å²) in [6.07, 6.45) is -3.12. The number of halogens is 2. The molecule has 0 aliphatic heterocycles. The average molecular weight is 111 g/mol. The molecular formula is C2H3F2NO2. The van der Waals surface area contributed by atoms with Gasteiger partial charge in [-0.1, -0.05) is 0 Å². The predicted octanol–water partition coefficient (Wildman–Crippen LogP) is -0.332. The highest BCUT2D eigenvalue weighted by Gasteiger charge is 2.14. The van der Waals surface area contributed by atoms with Crippen molar-refractivity contribution < 1.29 is 18.4 Å². The second kappa shape index (κ2) is 2.46. The molecule has 0 aliphatic carbocycles. The van der Waals surface area contributed by atoms with E-state index in [1.54, 1.807) is 0 Å². The molecule has 0 rings (SSSR count). The van der Waals surface area contributed by atoms with Crippen molar-refractivity contribution in [3.8, 4) is 0 Å². The Bertz CT molecular complexity index is 74.1. The van der Waals surface area contributed by atoms with E-state index >= 15 is 0 Å². The third-order valence-corrected chi connectivity index (χ3v) is 0.294. The summed E-state index contributed by atoms with van der Waals surface area (Å²) in [5, 5.41) is 0. The quantitative estimate of drug-likeness (QED) is 0.471. The molecule has 0 spiro atoms. The Hall–Kier alpha value is -0.710. The van der Waals surface area contributed by atoms with Gasteiger partial charge < -0.3 is 4.84 Å². The molecule has 42 valence electrons. The van der Waals surface area contributed by atoms with E-state index in [9.17, 15) is 13.6 Å². The fraction of sp³-hybridized carbons (Fsp3) is 0.500. The van der Waals surface area contributed by atoms with Crippen molar-refractivity contribution in [2.75, 3.05) is 0 Å². The summed E-state index contributed by atoms with van der Waals surface area (Å²) in [6, 6.07) is 0. The molecule has 0 unspecified atom stereocenters. The number of alkyl halides is 2. The van der Waals surface area contributed by atoms with Crippen LogP contribution in [0.5, 0.6) is 0 Å². The molecule has 0 fully saturated rings. The Morgan fingerprint density at radius 3 is 2.14 bits per heavy atom. The highest BCUT2D eigenvalue weighted by atomic mass is 19.3. The molecule has 0 amide bonds. The van der Waals surface area contributed by atoms with Gasteiger partial charge in [0.15, 0.2) is 0 Å². The Kier molecular flexibility index (Phi) is 2.21. The molecule has 0 saturated heterocycles. The van der Waals surface area contributed by atoms with Gasteiger partial charge in [-0.2, -0.15) is 14.7 Å². The third-order valence-electron chi connectivity index (χ3n) is 0.294. The lowest BCUT2D eigenvalue weighted by Gasteiger charge is -1.90. The normalized spacial score (nSPS) is 9.14. The number of carbonyl (C=O) groups excluding carboxylic acids is 1. The first kappa shape index (κ1) is 6.29. The molecule has 0 atom stereocenters. The van der Waals surface area contributed by atoms with Crippen molar-refractivity contribution in [2.24, 2.45) is 5.90 Å². The lowest BCUT2D eigenvalue weighted by Crippen LogP contribution is -2.17. The van der Waals surface area contributed by atoms with Crippen LogP contribution in [0.15, 0.2) is 0 Å². The van der Waals surface area contributed by atoms with Crippen LogP contribution in [0.2, 0.25) is 0 Å². The molecular weight excluding hydrogens is 108 g/mol. The van der Waals surface area contributed by atoms with Crippen molar-refractivity contribution >= 4 is 5.97 Å². The van der Waals surface area contributed by atoms with Crippen molar-refractivity contribution in [3.05, 3.63) is 0 Å². The maximum absolute atomic E-state index is 10.9. The molecule has 0 bridgehead atoms. The highest BCUT2D eigenvalue weighted by molar-refractivity contribution is 5.72. The predicted molar refractivity (Wildman–Crippen MR) is 16.3 cm³/mol. The average Bonchev–Trinajstić information content (AvgIpc) is 1.65. The maximum atomic E-state index is 10.9. The second-order valence-corrected chi connectivity index (χ2v) is 0.738. The van der Waals surface area contributed by atoms with Gasteiger partial charge in [0.05, 0.1) is 0 Å². The summed E-state index contributed by atoms with van der Waals surface area (Å²) < 4.78 is 21.7. The molecule has 0 aromatic rings. The van der Waals surface area contributed by atoms with E-state index in [1.807, 2.05) is 0 Å². The van der Waals surface area contributed by atoms with Gasteiger partial charge in [-0.05, 0) is 0 Å². The number of hydrogen-bond acceptors (Lipinski definition) is 3. The standard InChI is InChI=1S/C2H3F2NO2/c3-1(4)2(6)7-5/h1H,5H2. The fourth-order valence-electron chi connectivity index (χ4n) is 0.0514. The first-order valence-electron chi connectivity index (χ1n) is 1.37. The van der Waals surface area contributed by atoms with E-state index in [0.717, 1.165) is 0 Å². The molecule has 0 saturated carbocycles. The van der Waals surface area contributed by atoms with Gasteiger partial charge in [0.1, 0.15) is 0 Å². The van der Waals surface area contributed by atoms with E-state index in [0.29, 0.717) is 0 Å². The first-order valence-corrected chi connectivity index (χ1v) is 1.37. The van der Waals surface area contributed by atoms with Gasteiger partial charge in [-0.25, -0.2) is 4.79 Å². The Balaban J connectivity index is 3.35. The van der Waals surface area contributed by atoms with Crippen LogP contribution in [-0.2, 0) is 9.63 Å². The smallest absolute Gasteiger partial charge is 0.369 e. The topological polar surface area (TPSA) is 52.3 Å². The van der Waals surface area contributed by atoms with E-state index in [1.165, 1.54) is 0 Å². The van der Waals surface area contributed by atoms with Gasteiger partial charge in [-0.15, -0.1) is 0 Å². The van der Waals surface area contributed by atoms with Crippen LogP contribution in [0.3, 0.4) is 0 Å². The molecule has 2 N–H and O–H groups in total. The van der Waals surface area contributed by atoms with Crippen LogP contribution in [0.4, 0.5) is 8.78 Å². The minimum Gasteiger partial charge on any atom is -0.369 e. The lowest BCUT2D eigenvalue weighted by atomic mass is 10.7. The van der Waals surface area contributed by atoms with E-state index in [-0.39, 0.29) is 0 Å². The van der Waals surface area contributed by atoms with Gasteiger partial charge in [-0.3, -0.25) is 0 Å². The summed E-state index contributed by atoms with van der Waals surface area (Å²) in [5.74, 6) is 2.34. The number of carbonyl (C=O) groups is 1. The summed E-state index contributed by atoms with van der Waals surface area (Å²) in [6.45, 7) is 0. The zero-order valence-electron chi connectivity index (χ0n) is 3.23. The van der Waals surface area contributed by atoms with Crippen molar-refractivity contribution in [2.45, 2.75) is 6.43 Å². The molecule has 0 radical (unpaired) electrons. The van der Waals surface area contributed by atoms with Crippen molar-refractivity contribution in [3.63, 3.8) is 0 Å². The van der Waals surface area contributed by atoms with Crippen LogP contribution < -0.4 is 5.90 Å². The number of hydrogen-bond donors (Lipinski definition) is 1. The minimum absolute atomic E-state index is 1.71. The lowest BCUT2D eigenvalue weighted by molar-refractivity contribution is -0.156. The molecule has 7 heavy (non-hydrogen) atoms. The fourth-order valence-corrected chi connectivity index (χ4v) is 0.0514. The number of nitrogens with two attached hydrogens (primary N) is 1. The molecule has 0 aromatic heterocycles. The van der Waals surface area contributed by atoms with Gasteiger partial charge in [0, 0.05) is 0 Å².